The molecule has 5 rings (SSSR count). The summed E-state index contributed by atoms with van der Waals surface area (Å²) in [5.74, 6) is -2.49. The number of nitrogens with zero attached hydrogens (tertiary/aromatic N) is 1. The number of aldehydes is 1. The maximum absolute atomic E-state index is 13.0. The van der Waals surface area contributed by atoms with Crippen LogP contribution in [0.3, 0.4) is 0 Å². The van der Waals surface area contributed by atoms with E-state index in [-0.39, 0.29) is 23.7 Å². The van der Waals surface area contributed by atoms with E-state index in [1.165, 1.54) is 19.9 Å². The van der Waals surface area contributed by atoms with Gasteiger partial charge in [0, 0.05) is 69.6 Å². The first kappa shape index (κ1) is 38.8. The van der Waals surface area contributed by atoms with Crippen LogP contribution < -0.4 is 14.4 Å². The molecule has 1 fully saturated rings. The lowest BCUT2D eigenvalue weighted by molar-refractivity contribution is -0.285. The van der Waals surface area contributed by atoms with Crippen molar-refractivity contribution in [3.05, 3.63) is 82.4 Å². The predicted molar refractivity (Wildman–Crippen MR) is 188 cm³/mol. The number of aliphatic hydroxyl groups is 1. The molecular weight excluding hydrogens is 690 g/mol. The standard InChI is InChI=1S/C39H43NO13/c1-7-40(8-2)26-13-14-28-32(17-26)51-36-29(34(28)27-12-10-9-11-25(27)19-47-21(3)42)15-16-31(30(36)18-41)52-39-35(46)38(50-24(6)45)37(49-23(5)44)33(53-39)20-48-22(4)43/h9-18,33-35,37-39,46H,7-8,19-20H2,1-6H3/t33-,34?,35-,37+,38-,39-/m1/s1. The molecule has 14 heteroatoms. The Morgan fingerprint density at radius 3 is 2.11 bits per heavy atom. The van der Waals surface area contributed by atoms with Gasteiger partial charge in [0.05, 0.1) is 5.56 Å². The second kappa shape index (κ2) is 16.9. The fourth-order valence-electron chi connectivity index (χ4n) is 6.64. The molecule has 53 heavy (non-hydrogen) atoms. The van der Waals surface area contributed by atoms with Gasteiger partial charge in [0.2, 0.25) is 6.29 Å². The van der Waals surface area contributed by atoms with Crippen molar-refractivity contribution in [3.8, 4) is 17.2 Å². The highest BCUT2D eigenvalue weighted by atomic mass is 16.7. The maximum atomic E-state index is 13.0. The van der Waals surface area contributed by atoms with Crippen LogP contribution in [-0.4, -0.2) is 85.7 Å². The van der Waals surface area contributed by atoms with Crippen molar-refractivity contribution < 1.29 is 62.2 Å². The Morgan fingerprint density at radius 2 is 1.47 bits per heavy atom. The van der Waals surface area contributed by atoms with Crippen LogP contribution in [0.5, 0.6) is 17.2 Å². The third kappa shape index (κ3) is 8.61. The van der Waals surface area contributed by atoms with Gasteiger partial charge < -0.3 is 43.2 Å². The largest absolute Gasteiger partial charge is 0.463 e. The van der Waals surface area contributed by atoms with Gasteiger partial charge in [-0.3, -0.25) is 24.0 Å². The molecule has 2 aliphatic heterocycles. The summed E-state index contributed by atoms with van der Waals surface area (Å²) in [6, 6.07) is 16.7. The third-order valence-electron chi connectivity index (χ3n) is 8.97. The molecule has 0 aliphatic carbocycles. The molecule has 0 bridgehead atoms. The Balaban J connectivity index is 1.61. The summed E-state index contributed by atoms with van der Waals surface area (Å²) in [4.78, 5) is 62.8. The average Bonchev–Trinajstić information content (AvgIpc) is 3.12. The van der Waals surface area contributed by atoms with Crippen molar-refractivity contribution in [2.24, 2.45) is 0 Å². The molecule has 2 heterocycles. The van der Waals surface area contributed by atoms with E-state index in [0.717, 1.165) is 49.3 Å². The van der Waals surface area contributed by atoms with Gasteiger partial charge in [-0.15, -0.1) is 0 Å². The quantitative estimate of drug-likeness (QED) is 0.115. The first-order chi connectivity index (χ1) is 25.4. The molecule has 0 aromatic heterocycles. The van der Waals surface area contributed by atoms with E-state index < -0.39 is 67.1 Å². The van der Waals surface area contributed by atoms with Crippen LogP contribution >= 0.6 is 0 Å². The maximum Gasteiger partial charge on any atom is 0.303 e. The van der Waals surface area contributed by atoms with E-state index >= 15 is 0 Å². The number of benzene rings is 3. The predicted octanol–water partition coefficient (Wildman–Crippen LogP) is 4.59. The molecule has 14 nitrogen and oxygen atoms in total. The summed E-state index contributed by atoms with van der Waals surface area (Å²) >= 11 is 0. The number of aliphatic hydroxyl groups excluding tert-OH is 1. The average molecular weight is 734 g/mol. The number of fused-ring (bicyclic) bond motifs is 2. The molecule has 1 N–H and O–H groups in total. The second-order valence-corrected chi connectivity index (χ2v) is 12.5. The summed E-state index contributed by atoms with van der Waals surface area (Å²) < 4.78 is 39.9. The van der Waals surface area contributed by atoms with Crippen LogP contribution in [0.25, 0.3) is 0 Å². The van der Waals surface area contributed by atoms with Gasteiger partial charge in [-0.05, 0) is 37.1 Å². The van der Waals surface area contributed by atoms with Gasteiger partial charge in [-0.2, -0.15) is 0 Å². The highest BCUT2D eigenvalue weighted by Crippen LogP contribution is 2.51. The lowest BCUT2D eigenvalue weighted by atomic mass is 9.80. The van der Waals surface area contributed by atoms with Crippen LogP contribution in [0.15, 0.2) is 54.6 Å². The van der Waals surface area contributed by atoms with Gasteiger partial charge >= 0.3 is 23.9 Å². The minimum absolute atomic E-state index is 0.0117. The number of rotatable bonds is 13. The number of hydrogen-bond donors (Lipinski definition) is 1. The number of hydrogen-bond acceptors (Lipinski definition) is 14. The van der Waals surface area contributed by atoms with Crippen LogP contribution in [0.2, 0.25) is 0 Å². The minimum atomic E-state index is -1.73. The normalized spacial score (nSPS) is 21.5. The highest BCUT2D eigenvalue weighted by molar-refractivity contribution is 5.86. The number of ether oxygens (including phenoxy) is 7. The van der Waals surface area contributed by atoms with Gasteiger partial charge in [-0.1, -0.05) is 36.4 Å². The Hall–Kier alpha value is -5.47. The monoisotopic (exact) mass is 733 g/mol. The van der Waals surface area contributed by atoms with Crippen molar-refractivity contribution >= 4 is 35.9 Å². The Bertz CT molecular complexity index is 1850. The number of carbonyl (C=O) groups is 5. The van der Waals surface area contributed by atoms with Gasteiger partial charge in [0.25, 0.3) is 0 Å². The summed E-state index contributed by atoms with van der Waals surface area (Å²) in [5.41, 5.74) is 3.89. The Morgan fingerprint density at radius 1 is 0.811 bits per heavy atom. The molecule has 0 saturated carbocycles. The van der Waals surface area contributed by atoms with E-state index in [9.17, 15) is 29.1 Å². The number of anilines is 1. The molecule has 3 aromatic carbocycles. The molecule has 1 saturated heterocycles. The Kier molecular flexibility index (Phi) is 12.4. The second-order valence-electron chi connectivity index (χ2n) is 12.5. The van der Waals surface area contributed by atoms with Crippen LogP contribution in [0, 0.1) is 0 Å². The van der Waals surface area contributed by atoms with Gasteiger partial charge in [-0.25, -0.2) is 0 Å². The van der Waals surface area contributed by atoms with Crippen molar-refractivity contribution in [1.29, 1.82) is 0 Å². The van der Waals surface area contributed by atoms with Crippen LogP contribution in [-0.2, 0) is 49.5 Å². The minimum Gasteiger partial charge on any atom is -0.463 e. The summed E-state index contributed by atoms with van der Waals surface area (Å²) in [6.07, 6.45) is -6.87. The van der Waals surface area contributed by atoms with Gasteiger partial charge in [0.15, 0.2) is 24.6 Å². The summed E-state index contributed by atoms with van der Waals surface area (Å²) in [6.45, 7) is 9.90. The Labute approximate surface area is 306 Å². The third-order valence-corrected chi connectivity index (χ3v) is 8.97. The SMILES string of the molecule is CCN(CC)c1ccc2c(c1)Oc1c(ccc(O[C@@H]3O[C@H](COC(C)=O)[C@H](OC(C)=O)[C@H](OC(C)=O)[C@H]3O)c1C=O)C2c1ccccc1COC(C)=O. The first-order valence-electron chi connectivity index (χ1n) is 17.2. The summed E-state index contributed by atoms with van der Waals surface area (Å²) in [5, 5.41) is 11.4. The molecular formula is C39H43NO13. The molecule has 3 aromatic rings. The summed E-state index contributed by atoms with van der Waals surface area (Å²) in [7, 11) is 0. The molecule has 0 spiro atoms. The van der Waals surface area contributed by atoms with E-state index in [1.54, 1.807) is 6.07 Å². The number of esters is 4. The lowest BCUT2D eigenvalue weighted by Gasteiger charge is -2.42. The van der Waals surface area contributed by atoms with Crippen molar-refractivity contribution in [3.63, 3.8) is 0 Å². The van der Waals surface area contributed by atoms with Crippen molar-refractivity contribution in [2.75, 3.05) is 24.6 Å². The molecule has 2 aliphatic rings. The fourth-order valence-corrected chi connectivity index (χ4v) is 6.64. The smallest absolute Gasteiger partial charge is 0.303 e. The fraction of sp³-hybridized carbons (Fsp3) is 0.410. The van der Waals surface area contributed by atoms with Crippen molar-refractivity contribution in [1.82, 2.24) is 0 Å². The zero-order valence-corrected chi connectivity index (χ0v) is 30.4. The molecule has 1 unspecified atom stereocenters. The first-order valence-corrected chi connectivity index (χ1v) is 17.2. The molecule has 6 atom stereocenters. The van der Waals surface area contributed by atoms with E-state index in [4.69, 9.17) is 33.2 Å². The zero-order valence-electron chi connectivity index (χ0n) is 30.4. The lowest BCUT2D eigenvalue weighted by Crippen LogP contribution is -2.62. The highest BCUT2D eigenvalue weighted by Gasteiger charge is 2.51. The van der Waals surface area contributed by atoms with E-state index in [0.29, 0.717) is 17.6 Å². The van der Waals surface area contributed by atoms with Crippen molar-refractivity contribution in [2.45, 2.75) is 84.8 Å². The van der Waals surface area contributed by atoms with Gasteiger partial charge in [0.1, 0.15) is 36.6 Å². The molecule has 282 valence electrons. The molecule has 0 radical (unpaired) electrons. The number of carbonyl (C=O) groups excluding carboxylic acids is 5. The van der Waals surface area contributed by atoms with E-state index in [2.05, 4.69) is 4.90 Å². The molecule has 0 amide bonds. The zero-order chi connectivity index (χ0) is 38.4. The van der Waals surface area contributed by atoms with Crippen LogP contribution in [0.4, 0.5) is 5.69 Å². The van der Waals surface area contributed by atoms with E-state index in [1.807, 2.05) is 56.3 Å². The topological polar surface area (TPSA) is 173 Å². The van der Waals surface area contributed by atoms with Crippen LogP contribution in [0.1, 0.15) is 80.1 Å².